The van der Waals surface area contributed by atoms with E-state index in [9.17, 15) is 13.2 Å². The summed E-state index contributed by atoms with van der Waals surface area (Å²) in [6.45, 7) is 2.13. The van der Waals surface area contributed by atoms with E-state index in [0.29, 0.717) is 26.2 Å². The Kier molecular flexibility index (Phi) is 3.00. The minimum Gasteiger partial charge on any atom is -0.353 e. The van der Waals surface area contributed by atoms with Gasteiger partial charge >= 0.3 is 6.18 Å². The van der Waals surface area contributed by atoms with Gasteiger partial charge in [0, 0.05) is 32.4 Å². The number of nitrogens with zero attached hydrogens (tertiary/aromatic N) is 3. The third-order valence-electron chi connectivity index (χ3n) is 2.45. The van der Waals surface area contributed by atoms with E-state index >= 15 is 0 Å². The highest BCUT2D eigenvalue weighted by Gasteiger charge is 2.35. The highest BCUT2D eigenvalue weighted by molar-refractivity contribution is 5.48. The van der Waals surface area contributed by atoms with Crippen LogP contribution in [-0.2, 0) is 6.18 Å². The number of rotatable bonds is 1. The number of halogens is 3. The van der Waals surface area contributed by atoms with Crippen molar-refractivity contribution in [1.29, 1.82) is 0 Å². The van der Waals surface area contributed by atoms with Gasteiger partial charge in [-0.2, -0.15) is 13.2 Å². The Balaban J connectivity index is 2.32. The van der Waals surface area contributed by atoms with Crippen LogP contribution in [0, 0.1) is 0 Å². The standard InChI is InChI=1S/C10H11F3N3/c11-10(12,13)8-2-1-3-15-9(8)16-6-4-14-5-7-16/h1-3H,4-7H2. The normalized spacial score (nSPS) is 17.6. The van der Waals surface area contributed by atoms with E-state index in [1.54, 1.807) is 4.90 Å². The van der Waals surface area contributed by atoms with Crippen LogP contribution < -0.4 is 10.2 Å². The lowest BCUT2D eigenvalue weighted by Crippen LogP contribution is -2.41. The van der Waals surface area contributed by atoms with Crippen molar-refractivity contribution in [3.05, 3.63) is 23.9 Å². The minimum absolute atomic E-state index is 0.0184. The first-order valence-electron chi connectivity index (χ1n) is 4.99. The van der Waals surface area contributed by atoms with Crippen LogP contribution in [0.2, 0.25) is 0 Å². The van der Waals surface area contributed by atoms with Crippen molar-refractivity contribution < 1.29 is 13.2 Å². The molecule has 1 aliphatic heterocycles. The molecule has 0 atom stereocenters. The van der Waals surface area contributed by atoms with Crippen LogP contribution in [0.15, 0.2) is 18.3 Å². The number of hydrogen-bond donors (Lipinski definition) is 0. The Morgan fingerprint density at radius 1 is 1.19 bits per heavy atom. The maximum atomic E-state index is 12.7. The summed E-state index contributed by atoms with van der Waals surface area (Å²) in [6, 6.07) is 2.37. The summed E-state index contributed by atoms with van der Waals surface area (Å²) in [5, 5.41) is 4.09. The summed E-state index contributed by atoms with van der Waals surface area (Å²) in [6.07, 6.45) is -2.96. The second kappa shape index (κ2) is 4.29. The molecule has 6 heteroatoms. The molecule has 0 saturated carbocycles. The molecule has 0 bridgehead atoms. The van der Waals surface area contributed by atoms with Crippen molar-refractivity contribution >= 4 is 5.82 Å². The fourth-order valence-corrected chi connectivity index (χ4v) is 1.69. The first-order valence-corrected chi connectivity index (χ1v) is 4.99. The van der Waals surface area contributed by atoms with Crippen LogP contribution in [0.4, 0.5) is 19.0 Å². The first kappa shape index (κ1) is 11.2. The second-order valence-corrected chi connectivity index (χ2v) is 3.53. The van der Waals surface area contributed by atoms with Crippen molar-refractivity contribution in [2.45, 2.75) is 6.18 Å². The lowest BCUT2D eigenvalue weighted by Gasteiger charge is -2.29. The van der Waals surface area contributed by atoms with E-state index in [2.05, 4.69) is 10.3 Å². The first-order chi connectivity index (χ1) is 7.59. The van der Waals surface area contributed by atoms with Crippen LogP contribution in [0.25, 0.3) is 0 Å². The molecule has 1 aromatic rings. The average molecular weight is 230 g/mol. The molecule has 3 nitrogen and oxygen atoms in total. The molecule has 1 aromatic heterocycles. The van der Waals surface area contributed by atoms with E-state index in [4.69, 9.17) is 0 Å². The third kappa shape index (κ3) is 2.27. The molecule has 0 spiro atoms. The monoisotopic (exact) mass is 230 g/mol. The zero-order valence-corrected chi connectivity index (χ0v) is 8.54. The maximum absolute atomic E-state index is 12.7. The summed E-state index contributed by atoms with van der Waals surface area (Å²) in [5.41, 5.74) is -0.670. The van der Waals surface area contributed by atoms with Gasteiger partial charge in [-0.05, 0) is 12.1 Å². The second-order valence-electron chi connectivity index (χ2n) is 3.53. The Bertz CT molecular complexity index is 359. The number of piperazine rings is 1. The summed E-state index contributed by atoms with van der Waals surface area (Å²) in [5.74, 6) is 0.0184. The van der Waals surface area contributed by atoms with Gasteiger partial charge in [0.1, 0.15) is 5.82 Å². The van der Waals surface area contributed by atoms with Gasteiger partial charge in [0.05, 0.1) is 5.56 Å². The van der Waals surface area contributed by atoms with Crippen molar-refractivity contribution in [1.82, 2.24) is 10.3 Å². The smallest absolute Gasteiger partial charge is 0.353 e. The van der Waals surface area contributed by atoms with E-state index in [1.807, 2.05) is 0 Å². The fourth-order valence-electron chi connectivity index (χ4n) is 1.69. The largest absolute Gasteiger partial charge is 0.419 e. The van der Waals surface area contributed by atoms with Crippen molar-refractivity contribution in [3.8, 4) is 0 Å². The zero-order valence-electron chi connectivity index (χ0n) is 8.54. The fraction of sp³-hybridized carbons (Fsp3) is 0.500. The molecule has 87 valence electrons. The van der Waals surface area contributed by atoms with Crippen LogP contribution in [0.5, 0.6) is 0 Å². The topological polar surface area (TPSA) is 30.2 Å². The van der Waals surface area contributed by atoms with Gasteiger partial charge in [0.2, 0.25) is 0 Å². The van der Waals surface area contributed by atoms with Crippen LogP contribution in [0.1, 0.15) is 5.56 Å². The van der Waals surface area contributed by atoms with E-state index < -0.39 is 11.7 Å². The number of anilines is 1. The quantitative estimate of drug-likeness (QED) is 0.732. The minimum atomic E-state index is -4.35. The van der Waals surface area contributed by atoms with Gasteiger partial charge in [-0.15, -0.1) is 0 Å². The molecule has 1 radical (unpaired) electrons. The van der Waals surface area contributed by atoms with E-state index in [-0.39, 0.29) is 5.82 Å². The number of hydrogen-bond acceptors (Lipinski definition) is 2. The van der Waals surface area contributed by atoms with E-state index in [1.165, 1.54) is 12.3 Å². The lowest BCUT2D eigenvalue weighted by atomic mass is 10.2. The van der Waals surface area contributed by atoms with Gasteiger partial charge in [0.15, 0.2) is 0 Å². The Hall–Kier alpha value is -1.30. The molecular formula is C10H11F3N3. The average Bonchev–Trinajstić information content (AvgIpc) is 2.29. The molecule has 2 rings (SSSR count). The summed E-state index contributed by atoms with van der Waals surface area (Å²) in [4.78, 5) is 5.47. The predicted molar refractivity (Wildman–Crippen MR) is 53.3 cm³/mol. The molecule has 0 unspecified atom stereocenters. The Morgan fingerprint density at radius 3 is 2.50 bits per heavy atom. The van der Waals surface area contributed by atoms with Gasteiger partial charge in [-0.1, -0.05) is 0 Å². The van der Waals surface area contributed by atoms with Gasteiger partial charge in [-0.25, -0.2) is 10.3 Å². The van der Waals surface area contributed by atoms with Gasteiger partial charge < -0.3 is 4.90 Å². The molecule has 1 aliphatic rings. The zero-order chi connectivity index (χ0) is 11.6. The molecule has 0 aliphatic carbocycles. The highest BCUT2D eigenvalue weighted by atomic mass is 19.4. The molecular weight excluding hydrogens is 219 g/mol. The molecule has 1 saturated heterocycles. The SMILES string of the molecule is FC(F)(F)c1cccnc1N1CC[N]CC1. The number of aromatic nitrogens is 1. The molecule has 0 N–H and O–H groups in total. The van der Waals surface area contributed by atoms with Crippen molar-refractivity contribution in [2.75, 3.05) is 31.1 Å². The Morgan fingerprint density at radius 2 is 1.88 bits per heavy atom. The van der Waals surface area contributed by atoms with Crippen molar-refractivity contribution in [2.24, 2.45) is 0 Å². The summed E-state index contributed by atoms with van der Waals surface area (Å²) in [7, 11) is 0. The maximum Gasteiger partial charge on any atom is 0.419 e. The summed E-state index contributed by atoms with van der Waals surface area (Å²) < 4.78 is 38.1. The third-order valence-corrected chi connectivity index (χ3v) is 2.45. The summed E-state index contributed by atoms with van der Waals surface area (Å²) >= 11 is 0. The van der Waals surface area contributed by atoms with Crippen LogP contribution in [-0.4, -0.2) is 31.2 Å². The van der Waals surface area contributed by atoms with E-state index in [0.717, 1.165) is 6.07 Å². The predicted octanol–water partition coefficient (Wildman–Crippen LogP) is 1.52. The number of alkyl halides is 3. The molecule has 2 heterocycles. The molecule has 1 fully saturated rings. The molecule has 16 heavy (non-hydrogen) atoms. The lowest BCUT2D eigenvalue weighted by molar-refractivity contribution is -0.137. The number of pyridine rings is 1. The Labute approximate surface area is 91.3 Å². The highest BCUT2D eigenvalue weighted by Crippen LogP contribution is 2.35. The van der Waals surface area contributed by atoms with Gasteiger partial charge in [-0.3, -0.25) is 0 Å². The molecule has 0 amide bonds. The molecule has 0 aromatic carbocycles. The van der Waals surface area contributed by atoms with Crippen molar-refractivity contribution in [3.63, 3.8) is 0 Å². The van der Waals surface area contributed by atoms with Gasteiger partial charge in [0.25, 0.3) is 0 Å². The van der Waals surface area contributed by atoms with Crippen LogP contribution >= 0.6 is 0 Å². The van der Waals surface area contributed by atoms with Crippen LogP contribution in [0.3, 0.4) is 0 Å².